The number of hydrogen-bond acceptors (Lipinski definition) is 7. The van der Waals surface area contributed by atoms with Gasteiger partial charge in [0.2, 0.25) is 0 Å². The largest absolute Gasteiger partial charge is 0.372 e. The van der Waals surface area contributed by atoms with Crippen molar-refractivity contribution < 1.29 is 0 Å². The van der Waals surface area contributed by atoms with Gasteiger partial charge in [0.15, 0.2) is 4.34 Å². The topological polar surface area (TPSA) is 63.6 Å². The third-order valence-corrected chi connectivity index (χ3v) is 3.36. The van der Waals surface area contributed by atoms with Gasteiger partial charge in [-0.3, -0.25) is 4.98 Å². The Bertz CT molecular complexity index is 456. The van der Waals surface area contributed by atoms with E-state index in [2.05, 4.69) is 25.5 Å². The quantitative estimate of drug-likeness (QED) is 0.881. The summed E-state index contributed by atoms with van der Waals surface area (Å²) in [6.07, 6.45) is 3.39. The summed E-state index contributed by atoms with van der Waals surface area (Å²) in [5.41, 5.74) is 0. The molecule has 0 amide bonds. The molecular formula is C8H9N5S2. The van der Waals surface area contributed by atoms with Gasteiger partial charge in [-0.2, -0.15) is 0 Å². The lowest BCUT2D eigenvalue weighted by Crippen LogP contribution is -1.93. The van der Waals surface area contributed by atoms with E-state index >= 15 is 0 Å². The number of nitrogens with one attached hydrogen (secondary N) is 1. The molecule has 1 N–H and O–H groups in total. The maximum absolute atomic E-state index is 4.32. The zero-order chi connectivity index (χ0) is 10.7. The van der Waals surface area contributed by atoms with E-state index in [-0.39, 0.29) is 0 Å². The lowest BCUT2D eigenvalue weighted by atomic mass is 10.7. The maximum atomic E-state index is 4.32. The van der Waals surface area contributed by atoms with Crippen molar-refractivity contribution >= 4 is 28.9 Å². The average Bonchev–Trinajstić information content (AvgIpc) is 2.64. The van der Waals surface area contributed by atoms with Gasteiger partial charge in [-0.05, 0) is 18.7 Å². The predicted molar refractivity (Wildman–Crippen MR) is 60.3 cm³/mol. The lowest BCUT2D eigenvalue weighted by Gasteiger charge is -1.99. The highest BCUT2D eigenvalue weighted by Crippen LogP contribution is 2.28. The Morgan fingerprint density at radius 1 is 1.33 bits per heavy atom. The molecular weight excluding hydrogens is 230 g/mol. The molecule has 2 aromatic heterocycles. The van der Waals surface area contributed by atoms with Gasteiger partial charge in [0, 0.05) is 7.05 Å². The molecule has 0 radical (unpaired) electrons. The second kappa shape index (κ2) is 4.54. The van der Waals surface area contributed by atoms with Crippen LogP contribution in [-0.4, -0.2) is 27.2 Å². The van der Waals surface area contributed by atoms with E-state index in [4.69, 9.17) is 0 Å². The van der Waals surface area contributed by atoms with Crippen LogP contribution >= 0.6 is 23.1 Å². The van der Waals surface area contributed by atoms with Crippen LogP contribution in [0.4, 0.5) is 5.82 Å². The Morgan fingerprint density at radius 2 is 2.20 bits per heavy atom. The summed E-state index contributed by atoms with van der Waals surface area (Å²) in [6.45, 7) is 1.93. The Balaban J connectivity index is 2.16. The van der Waals surface area contributed by atoms with E-state index in [1.165, 1.54) is 11.8 Å². The molecule has 0 saturated carbocycles. The molecule has 0 atom stereocenters. The number of aromatic nitrogens is 4. The normalized spacial score (nSPS) is 10.3. The van der Waals surface area contributed by atoms with Gasteiger partial charge in [-0.15, -0.1) is 10.2 Å². The van der Waals surface area contributed by atoms with Crippen molar-refractivity contribution in [3.05, 3.63) is 17.4 Å². The summed E-state index contributed by atoms with van der Waals surface area (Å²) in [4.78, 5) is 8.39. The molecule has 0 aliphatic carbocycles. The summed E-state index contributed by atoms with van der Waals surface area (Å²) < 4.78 is 0.884. The fraction of sp³-hybridized carbons (Fsp3) is 0.250. The smallest absolute Gasteiger partial charge is 0.180 e. The number of anilines is 1. The highest BCUT2D eigenvalue weighted by Gasteiger charge is 2.05. The number of nitrogens with zero attached hydrogens (tertiary/aromatic N) is 4. The third-order valence-electron chi connectivity index (χ3n) is 1.57. The average molecular weight is 239 g/mol. The summed E-state index contributed by atoms with van der Waals surface area (Å²) >= 11 is 3.02. The summed E-state index contributed by atoms with van der Waals surface area (Å²) in [5, 5.41) is 12.7. The molecule has 2 heterocycles. The molecule has 0 bridgehead atoms. The van der Waals surface area contributed by atoms with Crippen LogP contribution < -0.4 is 5.32 Å². The first kappa shape index (κ1) is 10.3. The molecule has 0 aliphatic heterocycles. The van der Waals surface area contributed by atoms with Crippen LogP contribution in [0.1, 0.15) is 5.01 Å². The highest BCUT2D eigenvalue weighted by atomic mass is 32.2. The van der Waals surface area contributed by atoms with Gasteiger partial charge in [0.05, 0.1) is 12.4 Å². The first-order valence-electron chi connectivity index (χ1n) is 4.25. The first-order chi connectivity index (χ1) is 7.28. The monoisotopic (exact) mass is 239 g/mol. The Morgan fingerprint density at radius 3 is 2.87 bits per heavy atom. The SMILES string of the molecule is CNc1cncc(Sc2nnc(C)s2)n1. The zero-order valence-electron chi connectivity index (χ0n) is 8.26. The molecule has 15 heavy (non-hydrogen) atoms. The van der Waals surface area contributed by atoms with Crippen LogP contribution in [0.5, 0.6) is 0 Å². The standard InChI is InChI=1S/C8H9N5S2/c1-5-12-13-8(14-5)15-7-4-10-3-6(9-2)11-7/h3-4H,1-2H3,(H,9,11). The van der Waals surface area contributed by atoms with Gasteiger partial charge < -0.3 is 5.32 Å². The van der Waals surface area contributed by atoms with Crippen molar-refractivity contribution in [3.8, 4) is 0 Å². The fourth-order valence-electron chi connectivity index (χ4n) is 0.927. The minimum absolute atomic E-state index is 0.751. The molecule has 5 nitrogen and oxygen atoms in total. The number of hydrogen-bond donors (Lipinski definition) is 1. The van der Waals surface area contributed by atoms with E-state index in [1.807, 2.05) is 14.0 Å². The van der Waals surface area contributed by atoms with E-state index < -0.39 is 0 Å². The van der Waals surface area contributed by atoms with E-state index in [1.54, 1.807) is 23.7 Å². The summed E-state index contributed by atoms with van der Waals surface area (Å²) in [5.74, 6) is 0.751. The van der Waals surface area contributed by atoms with Crippen molar-refractivity contribution in [1.82, 2.24) is 20.2 Å². The van der Waals surface area contributed by atoms with Crippen molar-refractivity contribution in [3.63, 3.8) is 0 Å². The van der Waals surface area contributed by atoms with Crippen LogP contribution in [-0.2, 0) is 0 Å². The van der Waals surface area contributed by atoms with E-state index in [0.717, 1.165) is 20.2 Å². The van der Waals surface area contributed by atoms with Gasteiger partial charge in [-0.25, -0.2) is 4.98 Å². The molecule has 2 aromatic rings. The minimum Gasteiger partial charge on any atom is -0.372 e. The first-order valence-corrected chi connectivity index (χ1v) is 5.89. The lowest BCUT2D eigenvalue weighted by molar-refractivity contribution is 0.977. The second-order valence-electron chi connectivity index (χ2n) is 2.68. The fourth-order valence-corrected chi connectivity index (χ4v) is 2.65. The Hall–Kier alpha value is -1.21. The van der Waals surface area contributed by atoms with Crippen molar-refractivity contribution in [2.75, 3.05) is 12.4 Å². The Labute approximate surface area is 95.4 Å². The van der Waals surface area contributed by atoms with Gasteiger partial charge in [0.25, 0.3) is 0 Å². The molecule has 0 saturated heterocycles. The predicted octanol–water partition coefficient (Wildman–Crippen LogP) is 1.83. The molecule has 78 valence electrons. The van der Waals surface area contributed by atoms with Crippen molar-refractivity contribution in [1.29, 1.82) is 0 Å². The maximum Gasteiger partial charge on any atom is 0.180 e. The van der Waals surface area contributed by atoms with Gasteiger partial charge >= 0.3 is 0 Å². The summed E-state index contributed by atoms with van der Waals surface area (Å²) in [7, 11) is 1.81. The van der Waals surface area contributed by atoms with E-state index in [9.17, 15) is 0 Å². The van der Waals surface area contributed by atoms with E-state index in [0.29, 0.717) is 0 Å². The van der Waals surface area contributed by atoms with Crippen molar-refractivity contribution in [2.24, 2.45) is 0 Å². The van der Waals surface area contributed by atoms with Crippen LogP contribution in [0, 0.1) is 6.92 Å². The molecule has 0 unspecified atom stereocenters. The highest BCUT2D eigenvalue weighted by molar-refractivity contribution is 8.01. The van der Waals surface area contributed by atoms with Crippen molar-refractivity contribution in [2.45, 2.75) is 16.3 Å². The second-order valence-corrected chi connectivity index (χ2v) is 5.13. The zero-order valence-corrected chi connectivity index (χ0v) is 9.89. The number of rotatable bonds is 3. The van der Waals surface area contributed by atoms with Crippen LogP contribution in [0.15, 0.2) is 21.8 Å². The third kappa shape index (κ3) is 2.63. The van der Waals surface area contributed by atoms with Gasteiger partial charge in [0.1, 0.15) is 15.9 Å². The van der Waals surface area contributed by atoms with Gasteiger partial charge in [-0.1, -0.05) is 11.3 Å². The number of aryl methyl sites for hydroxylation is 1. The van der Waals surface area contributed by atoms with Crippen LogP contribution in [0.3, 0.4) is 0 Å². The molecule has 0 spiro atoms. The molecule has 0 aliphatic rings. The molecule has 0 fully saturated rings. The van der Waals surface area contributed by atoms with Crippen LogP contribution in [0.2, 0.25) is 0 Å². The molecule has 7 heteroatoms. The van der Waals surface area contributed by atoms with Crippen LogP contribution in [0.25, 0.3) is 0 Å². The Kier molecular flexibility index (Phi) is 3.12. The molecule has 2 rings (SSSR count). The molecule has 0 aromatic carbocycles. The minimum atomic E-state index is 0.751. The summed E-state index contributed by atoms with van der Waals surface area (Å²) in [6, 6.07) is 0.